The lowest BCUT2D eigenvalue weighted by atomic mass is 10.0. The molecule has 1 aromatic heterocycles. The summed E-state index contributed by atoms with van der Waals surface area (Å²) in [5, 5.41) is 8.88. The van der Waals surface area contributed by atoms with Crippen molar-refractivity contribution in [3.63, 3.8) is 0 Å². The molecule has 0 aliphatic carbocycles. The number of benzene rings is 1. The molecule has 0 spiro atoms. The number of pyridine rings is 1. The van der Waals surface area contributed by atoms with Crippen LogP contribution in [0.2, 0.25) is 0 Å². The third-order valence-corrected chi connectivity index (χ3v) is 3.97. The molecule has 0 amide bonds. The summed E-state index contributed by atoms with van der Waals surface area (Å²) in [6, 6.07) is 7.40. The molecule has 0 fully saturated rings. The predicted octanol–water partition coefficient (Wildman–Crippen LogP) is 2.00. The number of hydrogen-bond acceptors (Lipinski definition) is 6. The molecule has 0 aliphatic rings. The quantitative estimate of drug-likeness (QED) is 0.605. The highest BCUT2D eigenvalue weighted by Gasteiger charge is 2.17. The molecule has 1 heterocycles. The average molecular weight is 348 g/mol. The number of nitrogens with zero attached hydrogens (tertiary/aromatic N) is 2. The second kappa shape index (κ2) is 6.76. The summed E-state index contributed by atoms with van der Waals surface area (Å²) in [5.41, 5.74) is 0.896. The van der Waals surface area contributed by atoms with Gasteiger partial charge >= 0.3 is 0 Å². The molecular weight excluding hydrogens is 335 g/mol. The number of ketones is 1. The zero-order chi connectivity index (χ0) is 17.9. The standard InChI is InChI=1S/C16H13FN2O4S/c1-23-15-6-10(14(20)9-24(2,21)22)3-4-13(15)12-5-11(7-18)16(17)19-8-12/h3-6,8H,9H2,1-2H3. The molecule has 124 valence electrons. The van der Waals surface area contributed by atoms with Crippen molar-refractivity contribution in [3.05, 3.63) is 47.5 Å². The maximum atomic E-state index is 13.3. The van der Waals surface area contributed by atoms with Crippen molar-refractivity contribution in [2.24, 2.45) is 0 Å². The van der Waals surface area contributed by atoms with E-state index in [1.807, 2.05) is 0 Å². The number of halogens is 1. The van der Waals surface area contributed by atoms with Crippen LogP contribution in [0.15, 0.2) is 30.5 Å². The van der Waals surface area contributed by atoms with Gasteiger partial charge in [0.05, 0.1) is 7.11 Å². The lowest BCUT2D eigenvalue weighted by molar-refractivity contribution is 0.102. The van der Waals surface area contributed by atoms with Crippen LogP contribution in [0.5, 0.6) is 5.75 Å². The molecule has 24 heavy (non-hydrogen) atoms. The van der Waals surface area contributed by atoms with Crippen LogP contribution in [-0.2, 0) is 9.84 Å². The van der Waals surface area contributed by atoms with Crippen LogP contribution in [0.3, 0.4) is 0 Å². The number of nitriles is 1. The van der Waals surface area contributed by atoms with E-state index in [-0.39, 0.29) is 16.9 Å². The van der Waals surface area contributed by atoms with Crippen molar-refractivity contribution < 1.29 is 22.3 Å². The minimum absolute atomic E-state index is 0.177. The van der Waals surface area contributed by atoms with Crippen LogP contribution in [-0.4, -0.2) is 38.3 Å². The number of carbonyl (C=O) groups is 1. The minimum atomic E-state index is -3.45. The molecule has 0 radical (unpaired) electrons. The highest BCUT2D eigenvalue weighted by Crippen LogP contribution is 2.31. The van der Waals surface area contributed by atoms with Crippen molar-refractivity contribution >= 4 is 15.6 Å². The zero-order valence-corrected chi connectivity index (χ0v) is 13.7. The van der Waals surface area contributed by atoms with Gasteiger partial charge in [-0.05, 0) is 18.2 Å². The van der Waals surface area contributed by atoms with Crippen LogP contribution in [0.25, 0.3) is 11.1 Å². The van der Waals surface area contributed by atoms with Gasteiger partial charge in [0, 0.05) is 29.1 Å². The number of rotatable bonds is 5. The lowest BCUT2D eigenvalue weighted by Crippen LogP contribution is -2.14. The largest absolute Gasteiger partial charge is 0.496 e. The van der Waals surface area contributed by atoms with E-state index in [1.54, 1.807) is 6.07 Å². The van der Waals surface area contributed by atoms with Gasteiger partial charge in [0.15, 0.2) is 15.6 Å². The van der Waals surface area contributed by atoms with Crippen LogP contribution in [0.4, 0.5) is 4.39 Å². The Morgan fingerprint density at radius 1 is 1.38 bits per heavy atom. The number of carbonyl (C=O) groups excluding carboxylic acids is 1. The molecule has 0 aliphatic heterocycles. The normalized spacial score (nSPS) is 10.9. The fraction of sp³-hybridized carbons (Fsp3) is 0.188. The lowest BCUT2D eigenvalue weighted by Gasteiger charge is -2.10. The van der Waals surface area contributed by atoms with E-state index in [4.69, 9.17) is 10.00 Å². The van der Waals surface area contributed by atoms with Crippen molar-refractivity contribution in [1.82, 2.24) is 4.98 Å². The maximum absolute atomic E-state index is 13.3. The van der Waals surface area contributed by atoms with E-state index in [0.717, 1.165) is 6.26 Å². The van der Waals surface area contributed by atoms with E-state index in [1.165, 1.54) is 37.6 Å². The first kappa shape index (κ1) is 17.6. The number of Topliss-reactive ketones (excluding diaryl/α,β-unsaturated/α-hetero) is 1. The van der Waals surface area contributed by atoms with E-state index in [0.29, 0.717) is 11.1 Å². The Hall–Kier alpha value is -2.79. The highest BCUT2D eigenvalue weighted by molar-refractivity contribution is 7.91. The Kier molecular flexibility index (Phi) is 4.95. The monoisotopic (exact) mass is 348 g/mol. The first-order valence-corrected chi connectivity index (χ1v) is 8.76. The van der Waals surface area contributed by atoms with Crippen LogP contribution in [0, 0.1) is 17.3 Å². The van der Waals surface area contributed by atoms with Gasteiger partial charge in [-0.3, -0.25) is 4.79 Å². The van der Waals surface area contributed by atoms with Crippen LogP contribution >= 0.6 is 0 Å². The summed E-state index contributed by atoms with van der Waals surface area (Å²) in [7, 11) is -2.06. The molecule has 0 atom stereocenters. The zero-order valence-electron chi connectivity index (χ0n) is 12.9. The SMILES string of the molecule is COc1cc(C(=O)CS(C)(=O)=O)ccc1-c1cnc(F)c(C#N)c1. The Morgan fingerprint density at radius 3 is 2.67 bits per heavy atom. The fourth-order valence-corrected chi connectivity index (χ4v) is 2.74. The summed E-state index contributed by atoms with van der Waals surface area (Å²) >= 11 is 0. The second-order valence-electron chi connectivity index (χ2n) is 5.08. The Labute approximate surface area is 138 Å². The number of aromatic nitrogens is 1. The van der Waals surface area contributed by atoms with Gasteiger partial charge in [-0.15, -0.1) is 0 Å². The summed E-state index contributed by atoms with van der Waals surface area (Å²) in [5.74, 6) is -1.75. The maximum Gasteiger partial charge on any atom is 0.230 e. The van der Waals surface area contributed by atoms with Gasteiger partial charge < -0.3 is 4.74 Å². The molecule has 0 unspecified atom stereocenters. The average Bonchev–Trinajstić information content (AvgIpc) is 2.53. The molecule has 0 saturated carbocycles. The fourth-order valence-electron chi connectivity index (χ4n) is 2.10. The number of sulfone groups is 1. The highest BCUT2D eigenvalue weighted by atomic mass is 32.2. The molecule has 8 heteroatoms. The topological polar surface area (TPSA) is 97.1 Å². The van der Waals surface area contributed by atoms with E-state index >= 15 is 0 Å². The first-order chi connectivity index (χ1) is 11.2. The molecule has 0 bridgehead atoms. The van der Waals surface area contributed by atoms with Crippen molar-refractivity contribution in [1.29, 1.82) is 5.26 Å². The molecule has 0 saturated heterocycles. The summed E-state index contributed by atoms with van der Waals surface area (Å²) in [6.07, 6.45) is 2.22. The number of ether oxygens (including phenoxy) is 1. The summed E-state index contributed by atoms with van der Waals surface area (Å²) in [4.78, 5) is 15.5. The Morgan fingerprint density at radius 2 is 2.08 bits per heavy atom. The van der Waals surface area contributed by atoms with E-state index in [9.17, 15) is 17.6 Å². The predicted molar refractivity (Wildman–Crippen MR) is 84.9 cm³/mol. The molecule has 6 nitrogen and oxygen atoms in total. The van der Waals surface area contributed by atoms with Crippen molar-refractivity contribution in [2.75, 3.05) is 19.1 Å². The van der Waals surface area contributed by atoms with Crippen LogP contribution in [0.1, 0.15) is 15.9 Å². The van der Waals surface area contributed by atoms with Crippen LogP contribution < -0.4 is 4.74 Å². The summed E-state index contributed by atoms with van der Waals surface area (Å²) in [6.45, 7) is 0. The first-order valence-electron chi connectivity index (χ1n) is 6.70. The second-order valence-corrected chi connectivity index (χ2v) is 7.22. The molecular formula is C16H13FN2O4S. The molecule has 2 rings (SSSR count). The van der Waals surface area contributed by atoms with Crippen molar-refractivity contribution in [2.45, 2.75) is 0 Å². The van der Waals surface area contributed by atoms with Gasteiger partial charge in [-0.1, -0.05) is 6.07 Å². The molecule has 2 aromatic rings. The third kappa shape index (κ3) is 3.94. The summed E-state index contributed by atoms with van der Waals surface area (Å²) < 4.78 is 41.0. The molecule has 0 N–H and O–H groups in total. The van der Waals surface area contributed by atoms with Gasteiger partial charge in [0.2, 0.25) is 5.95 Å². The van der Waals surface area contributed by atoms with Gasteiger partial charge in [-0.2, -0.15) is 9.65 Å². The number of hydrogen-bond donors (Lipinski definition) is 0. The van der Waals surface area contributed by atoms with E-state index < -0.39 is 27.3 Å². The van der Waals surface area contributed by atoms with Gasteiger partial charge in [0.1, 0.15) is 23.1 Å². The van der Waals surface area contributed by atoms with Gasteiger partial charge in [0.25, 0.3) is 0 Å². The Bertz CT molecular complexity index is 949. The Balaban J connectivity index is 2.47. The van der Waals surface area contributed by atoms with E-state index in [2.05, 4.69) is 4.98 Å². The molecule has 1 aromatic carbocycles. The minimum Gasteiger partial charge on any atom is -0.496 e. The number of methoxy groups -OCH3 is 1. The smallest absolute Gasteiger partial charge is 0.230 e. The van der Waals surface area contributed by atoms with Crippen molar-refractivity contribution in [3.8, 4) is 22.9 Å². The van der Waals surface area contributed by atoms with Gasteiger partial charge in [-0.25, -0.2) is 13.4 Å². The third-order valence-electron chi connectivity index (χ3n) is 3.19.